The molecule has 1 saturated carbocycles. The molecule has 0 unspecified atom stereocenters. The summed E-state index contributed by atoms with van der Waals surface area (Å²) in [6.07, 6.45) is 26.3. The van der Waals surface area contributed by atoms with Crippen LogP contribution in [0.2, 0.25) is 0 Å². The minimum atomic E-state index is 0.165. The van der Waals surface area contributed by atoms with Crippen LogP contribution in [0.25, 0.3) is 167 Å². The summed E-state index contributed by atoms with van der Waals surface area (Å²) >= 11 is 0. The van der Waals surface area contributed by atoms with E-state index in [0.717, 1.165) is 86.5 Å². The summed E-state index contributed by atoms with van der Waals surface area (Å²) in [7, 11) is 10.8. The Morgan fingerprint density at radius 2 is 0.547 bits per heavy atom. The Hall–Kier alpha value is -15.4. The number of rotatable bonds is 15. The quantitative estimate of drug-likeness (QED) is 0.0908. The minimum Gasteiger partial charge on any atom is -0.258 e. The molecule has 0 atom stereocenters. The van der Waals surface area contributed by atoms with Crippen molar-refractivity contribution in [1.82, 2.24) is 49.8 Å². The van der Waals surface area contributed by atoms with E-state index < -0.39 is 0 Å². The van der Waals surface area contributed by atoms with Gasteiger partial charge in [0.15, 0.2) is 0 Å². The fourth-order valence-corrected chi connectivity index (χ4v) is 21.5. The van der Waals surface area contributed by atoms with Crippen LogP contribution >= 0.6 is 0 Å². The van der Waals surface area contributed by atoms with Crippen molar-refractivity contribution in [2.75, 3.05) is 0 Å². The molecule has 0 aliphatic heterocycles. The summed E-state index contributed by atoms with van der Waals surface area (Å²) in [5.74, 6) is 4.25. The Morgan fingerprint density at radius 1 is 0.277 bits per heavy atom. The van der Waals surface area contributed by atoms with E-state index in [0.29, 0.717) is 17.8 Å². The van der Waals surface area contributed by atoms with Crippen LogP contribution in [-0.4, -0.2) is 49.8 Å². The molecule has 1 aliphatic carbocycles. The smallest absolute Gasteiger partial charge is 0.222 e. The molecule has 15 heteroatoms. The molecule has 1 fully saturated rings. The molecule has 0 N–H and O–H groups in total. The summed E-state index contributed by atoms with van der Waals surface area (Å²) < 4.78 is 11.5. The predicted molar refractivity (Wildman–Crippen MR) is 611 cm³/mol. The highest BCUT2D eigenvalue weighted by Gasteiger charge is 2.33. The second kappa shape index (κ2) is 44.1. The van der Waals surface area contributed by atoms with Crippen molar-refractivity contribution < 1.29 is 22.8 Å². The monoisotopic (exact) mass is 1950 g/mol. The second-order valence-electron chi connectivity index (χ2n) is 43.3. The number of fused-ring (bicyclic) bond motifs is 5. The maximum absolute atomic E-state index is 4.82. The Balaban J connectivity index is 0.000000126. The first-order chi connectivity index (χ1) is 70.8. The zero-order chi connectivity index (χ0) is 105. The van der Waals surface area contributed by atoms with E-state index >= 15 is 0 Å². The molecule has 0 amide bonds. The van der Waals surface area contributed by atoms with Gasteiger partial charge in [-0.2, -0.15) is 22.8 Å². The van der Waals surface area contributed by atoms with Crippen molar-refractivity contribution in [2.45, 2.75) is 210 Å². The molecule has 0 saturated heterocycles. The fraction of sp³-hybridized carbons (Fsp3) is 0.286. The number of aryl methyl sites for hydroxylation is 16. The van der Waals surface area contributed by atoms with Gasteiger partial charge >= 0.3 is 0 Å². The van der Waals surface area contributed by atoms with Crippen LogP contribution in [0.3, 0.4) is 0 Å². The maximum atomic E-state index is 4.82. The average molecular weight is 1950 g/mol. The summed E-state index contributed by atoms with van der Waals surface area (Å²) in [6, 6.07) is 76.8. The molecule has 20 aromatic rings. The van der Waals surface area contributed by atoms with Crippen LogP contribution in [-0.2, 0) is 48.1 Å². The van der Waals surface area contributed by atoms with E-state index in [1.807, 2.05) is 68.9 Å². The SMILES string of the molecule is Cc1cc(C)c(C)c(-c2c(-c3cnc(C(C)C)cn3)cc3ccccc3[n+]2C)c1.Cc1cc(C)c(C)c(-c2c(-c3cnc(C)cn3)cc3ccccc3[n+]2C)c1.Cc1cc(C)c(C)c(-c2c(-c3cnc(C4CCCC4)nc3)cc3ccccc3[n+]2C)c1.Cc1cc(C)c(C)c(-c2c(-c3cnc(CC(C)(C)C)nc3)cc3ccccc3[n+]2C)c1.Cc1cc(C)c(C)c(-c2c(-c3cnc(CC(C)C)nc3)cc3ccccc3[n+]2C)c1. The van der Waals surface area contributed by atoms with Gasteiger partial charge in [-0.05, 0) is 288 Å². The van der Waals surface area contributed by atoms with E-state index in [2.05, 4.69) is 448 Å². The lowest BCUT2D eigenvalue weighted by Gasteiger charge is -2.17. The fourth-order valence-electron chi connectivity index (χ4n) is 21.5. The van der Waals surface area contributed by atoms with Gasteiger partial charge in [-0.1, -0.05) is 180 Å². The number of hydrogen-bond acceptors (Lipinski definition) is 10. The van der Waals surface area contributed by atoms with Crippen LogP contribution in [0.1, 0.15) is 198 Å². The molecule has 21 rings (SSSR count). The third kappa shape index (κ3) is 22.3. The molecule has 10 aromatic heterocycles. The summed E-state index contributed by atoms with van der Waals surface area (Å²) in [5.41, 5.74) is 50.6. The number of hydrogen-bond donors (Lipinski definition) is 0. The molecule has 0 bridgehead atoms. The van der Waals surface area contributed by atoms with E-state index in [9.17, 15) is 0 Å². The van der Waals surface area contributed by atoms with Crippen LogP contribution in [0.15, 0.2) is 274 Å². The van der Waals surface area contributed by atoms with Gasteiger partial charge < -0.3 is 0 Å². The first kappa shape index (κ1) is 104. The summed E-state index contributed by atoms with van der Waals surface area (Å²) in [5, 5.41) is 6.05. The van der Waals surface area contributed by atoms with Crippen LogP contribution in [0, 0.1) is 122 Å². The zero-order valence-electron chi connectivity index (χ0n) is 92.2. The van der Waals surface area contributed by atoms with Gasteiger partial charge in [0, 0.05) is 142 Å². The Labute approximate surface area is 876 Å². The van der Waals surface area contributed by atoms with Gasteiger partial charge in [-0.15, -0.1) is 0 Å². The van der Waals surface area contributed by atoms with E-state index in [1.54, 1.807) is 0 Å². The number of pyridine rings is 5. The second-order valence-corrected chi connectivity index (χ2v) is 43.3. The molecule has 10 aromatic carbocycles. The van der Waals surface area contributed by atoms with Gasteiger partial charge in [0.1, 0.15) is 52.7 Å². The lowest BCUT2D eigenvalue weighted by Crippen LogP contribution is -2.33. The molecule has 15 nitrogen and oxygen atoms in total. The number of para-hydroxylation sites is 5. The molecule has 746 valence electrons. The molecule has 0 radical (unpaired) electrons. The van der Waals surface area contributed by atoms with Gasteiger partial charge in [0.05, 0.1) is 90.8 Å². The largest absolute Gasteiger partial charge is 0.258 e. The van der Waals surface area contributed by atoms with Crippen molar-refractivity contribution in [1.29, 1.82) is 0 Å². The van der Waals surface area contributed by atoms with E-state index in [4.69, 9.17) is 24.9 Å². The third-order valence-electron chi connectivity index (χ3n) is 29.9. The third-order valence-corrected chi connectivity index (χ3v) is 29.9. The highest BCUT2D eigenvalue weighted by Crippen LogP contribution is 2.43. The van der Waals surface area contributed by atoms with Crippen LogP contribution in [0.4, 0.5) is 0 Å². The predicted octanol–water partition coefficient (Wildman–Crippen LogP) is 29.4. The highest BCUT2D eigenvalue weighted by atomic mass is 15.0. The lowest BCUT2D eigenvalue weighted by molar-refractivity contribution is -0.633. The summed E-state index contributed by atoms with van der Waals surface area (Å²) in [4.78, 5) is 47.1. The van der Waals surface area contributed by atoms with Crippen molar-refractivity contribution in [3.05, 3.63) is 387 Å². The van der Waals surface area contributed by atoms with Crippen molar-refractivity contribution in [3.63, 3.8) is 0 Å². The standard InChI is InChI=1S/C28H30N3.C28H32N3.C27H30N3.C26H28N3.C24H24N3/c1-18-13-19(2)20(3)24(14-18)27-25(15-22-11-7-8-12-26(22)31(27)4)23-16-29-28(30-17-23)21-9-5-6-10-21;1-18-12-19(2)20(3)23(13-18)27-24(14-21-10-8-9-11-25(21)31(27)7)22-16-29-26(30-17-22)15-28(4,5)6;1-17(2)11-26-28-15-22(16-29-26)24-14-21-9-7-8-10-25(21)30(6)27(24)23-13-18(3)12-19(4)20(23)5;1-16(2)23-14-28-24(15-27-23)22-13-20-9-7-8-10-25(20)29(6)26(22)21-12-17(3)11-18(4)19(21)5;1-15-10-16(2)18(4)20(11-15)24-21(22-14-25-17(3)13-26-22)12-19-8-6-7-9-23(19)27(24)5/h7-8,11-17,21H,5-6,9-10H2,1-4H3;8-14,16-17H,15H2,1-7H3;7-10,12-17H,11H2,1-6H3;7-16H,1-6H3;6-14H,1-5H3/q5*+1. The van der Waals surface area contributed by atoms with Gasteiger partial charge in [0.2, 0.25) is 56.1 Å². The number of nitrogens with zero attached hydrogens (tertiary/aromatic N) is 15. The first-order valence-corrected chi connectivity index (χ1v) is 52.4. The minimum absolute atomic E-state index is 0.165. The Morgan fingerprint density at radius 3 is 0.818 bits per heavy atom. The first-order valence-electron chi connectivity index (χ1n) is 52.4. The molecule has 0 spiro atoms. The average Bonchev–Trinajstić information content (AvgIpc) is 0.860. The van der Waals surface area contributed by atoms with Crippen molar-refractivity contribution in [3.8, 4) is 112 Å². The van der Waals surface area contributed by atoms with Gasteiger partial charge in [-0.3, -0.25) is 19.9 Å². The Kier molecular flexibility index (Phi) is 31.0. The topological polar surface area (TPSA) is 148 Å². The number of aromatic nitrogens is 15. The van der Waals surface area contributed by atoms with Crippen molar-refractivity contribution in [2.24, 2.45) is 46.6 Å². The maximum Gasteiger partial charge on any atom is 0.222 e. The molecule has 1 aliphatic rings. The zero-order valence-corrected chi connectivity index (χ0v) is 92.2. The highest BCUT2D eigenvalue weighted by molar-refractivity contribution is 5.94. The number of benzene rings is 10. The normalized spacial score (nSPS) is 12.1. The molecular formula is C133H144N15+5. The molecule has 10 heterocycles. The van der Waals surface area contributed by atoms with Crippen molar-refractivity contribution >= 4 is 54.5 Å². The summed E-state index contributed by atoms with van der Waals surface area (Å²) in [6.45, 7) is 50.1. The Bertz CT molecular complexity index is 8400. The molecular weight excluding hydrogens is 1810 g/mol. The van der Waals surface area contributed by atoms with Gasteiger partial charge in [-0.25, -0.2) is 29.9 Å². The van der Waals surface area contributed by atoms with Gasteiger partial charge in [0.25, 0.3) is 0 Å². The molecule has 148 heavy (non-hydrogen) atoms. The van der Waals surface area contributed by atoms with E-state index in [1.165, 1.54) is 231 Å². The lowest BCUT2D eigenvalue weighted by atomic mass is 9.91. The van der Waals surface area contributed by atoms with E-state index in [-0.39, 0.29) is 5.41 Å². The van der Waals surface area contributed by atoms with Crippen LogP contribution in [0.5, 0.6) is 0 Å². The van der Waals surface area contributed by atoms with Crippen LogP contribution < -0.4 is 22.8 Å².